The maximum Gasteiger partial charge on any atom is 0.237 e. The smallest absolute Gasteiger partial charge is 0.237 e. The lowest BCUT2D eigenvalue weighted by molar-refractivity contribution is -0.126. The molecule has 6 nitrogen and oxygen atoms in total. The summed E-state index contributed by atoms with van der Waals surface area (Å²) in [4.78, 5) is 18.7. The van der Waals surface area contributed by atoms with E-state index in [4.69, 9.17) is 0 Å². The molecule has 1 aromatic carbocycles. The number of benzene rings is 1. The maximum absolute atomic E-state index is 12.6. The van der Waals surface area contributed by atoms with Gasteiger partial charge in [0.05, 0.1) is 11.7 Å². The van der Waals surface area contributed by atoms with Gasteiger partial charge in [-0.2, -0.15) is 5.10 Å². The molecule has 3 rings (SSSR count). The summed E-state index contributed by atoms with van der Waals surface area (Å²) in [6.07, 6.45) is 11.5. The molecule has 1 aliphatic rings. The van der Waals surface area contributed by atoms with Gasteiger partial charge >= 0.3 is 0 Å². The number of aromatic nitrogens is 3. The zero-order valence-corrected chi connectivity index (χ0v) is 17.1. The Hall–Kier alpha value is -2.47. The lowest BCUT2D eigenvalue weighted by atomic mass is 9.97. The fourth-order valence-corrected chi connectivity index (χ4v) is 3.63. The summed E-state index contributed by atoms with van der Waals surface area (Å²) in [6, 6.07) is 8.15. The van der Waals surface area contributed by atoms with Crippen LogP contribution in [0.1, 0.15) is 57.6 Å². The van der Waals surface area contributed by atoms with Crippen LogP contribution in [-0.2, 0) is 4.79 Å². The van der Waals surface area contributed by atoms with Crippen LogP contribution < -0.4 is 5.32 Å². The minimum absolute atomic E-state index is 0.0880. The van der Waals surface area contributed by atoms with Gasteiger partial charge in [0, 0.05) is 12.6 Å². The van der Waals surface area contributed by atoms with Gasteiger partial charge in [0.25, 0.3) is 0 Å². The topological polar surface area (TPSA) is 63.1 Å². The molecule has 1 aliphatic carbocycles. The minimum Gasteiger partial charge on any atom is -0.354 e. The van der Waals surface area contributed by atoms with Crippen LogP contribution in [0.5, 0.6) is 0 Å². The lowest BCUT2D eigenvalue weighted by Gasteiger charge is -2.30. The Bertz CT molecular complexity index is 782. The second-order valence-corrected chi connectivity index (χ2v) is 7.60. The predicted molar refractivity (Wildman–Crippen MR) is 111 cm³/mol. The predicted octanol–water partition coefficient (Wildman–Crippen LogP) is 3.66. The van der Waals surface area contributed by atoms with Gasteiger partial charge in [-0.1, -0.05) is 23.8 Å². The number of rotatable bonds is 8. The summed E-state index contributed by atoms with van der Waals surface area (Å²) in [6.45, 7) is 4.82. The number of likely N-dealkylation sites (N-methyl/N-ethyl adjacent to an activating group) is 1. The molecule has 0 saturated heterocycles. The number of amides is 1. The highest BCUT2D eigenvalue weighted by Crippen LogP contribution is 2.22. The number of hydrogen-bond acceptors (Lipinski definition) is 4. The average molecular weight is 382 g/mol. The van der Waals surface area contributed by atoms with Crippen LogP contribution in [0.15, 0.2) is 48.6 Å². The number of carbonyl (C=O) groups excluding carboxylic acids is 1. The Morgan fingerprint density at radius 3 is 2.68 bits per heavy atom. The minimum atomic E-state index is -0.190. The molecule has 0 bridgehead atoms. The molecule has 0 spiro atoms. The third-order valence-electron chi connectivity index (χ3n) is 5.79. The molecule has 0 saturated carbocycles. The summed E-state index contributed by atoms with van der Waals surface area (Å²) in [5, 5.41) is 7.25. The zero-order chi connectivity index (χ0) is 19.9. The van der Waals surface area contributed by atoms with Crippen molar-refractivity contribution in [3.8, 4) is 5.69 Å². The molecule has 2 aromatic rings. The van der Waals surface area contributed by atoms with Gasteiger partial charge in [-0.05, 0) is 70.7 Å². The molecular formula is C22H31N5O. The van der Waals surface area contributed by atoms with Gasteiger partial charge in [0.15, 0.2) is 0 Å². The van der Waals surface area contributed by atoms with Crippen molar-refractivity contribution >= 4 is 5.91 Å². The molecule has 150 valence electrons. The van der Waals surface area contributed by atoms with Crippen molar-refractivity contribution < 1.29 is 4.79 Å². The lowest BCUT2D eigenvalue weighted by Crippen LogP contribution is -2.44. The third-order valence-corrected chi connectivity index (χ3v) is 5.79. The summed E-state index contributed by atoms with van der Waals surface area (Å²) in [5.74, 6) is 0.0880. The Balaban J connectivity index is 1.52. The highest BCUT2D eigenvalue weighted by Gasteiger charge is 2.23. The monoisotopic (exact) mass is 381 g/mol. The van der Waals surface area contributed by atoms with Gasteiger partial charge in [0.1, 0.15) is 12.7 Å². The number of nitrogens with one attached hydrogen (secondary N) is 1. The Kier molecular flexibility index (Phi) is 6.98. The highest BCUT2D eigenvalue weighted by molar-refractivity contribution is 5.81. The number of hydrogen-bond donors (Lipinski definition) is 1. The molecule has 6 heteroatoms. The van der Waals surface area contributed by atoms with Crippen molar-refractivity contribution in [3.63, 3.8) is 0 Å². The largest absolute Gasteiger partial charge is 0.354 e. The van der Waals surface area contributed by atoms with Crippen molar-refractivity contribution in [2.75, 3.05) is 13.6 Å². The van der Waals surface area contributed by atoms with Crippen molar-refractivity contribution in [2.24, 2.45) is 0 Å². The number of nitrogens with zero attached hydrogens (tertiary/aromatic N) is 4. The first-order valence-electron chi connectivity index (χ1n) is 10.2. The van der Waals surface area contributed by atoms with Crippen LogP contribution in [0.2, 0.25) is 0 Å². The molecule has 0 radical (unpaired) electrons. The van der Waals surface area contributed by atoms with Crippen molar-refractivity contribution in [2.45, 2.75) is 58.0 Å². The average Bonchev–Trinajstić information content (AvgIpc) is 3.28. The fraction of sp³-hybridized carbons (Fsp3) is 0.500. The van der Waals surface area contributed by atoms with Crippen LogP contribution >= 0.6 is 0 Å². The van der Waals surface area contributed by atoms with Crippen LogP contribution in [0.3, 0.4) is 0 Å². The standard InChI is InChI=1S/C22H31N5O/c1-17(20-9-11-21(12-10-20)27-16-23-15-25-27)26(3)18(2)22(28)24-14-13-19-7-5-4-6-8-19/h7,9-12,15-18H,4-6,8,13-14H2,1-3H3,(H,24,28). The van der Waals surface area contributed by atoms with Crippen LogP contribution in [0.4, 0.5) is 0 Å². The molecule has 2 atom stereocenters. The maximum atomic E-state index is 12.6. The highest BCUT2D eigenvalue weighted by atomic mass is 16.2. The van der Waals surface area contributed by atoms with E-state index in [0.29, 0.717) is 0 Å². The fourth-order valence-electron chi connectivity index (χ4n) is 3.63. The Morgan fingerprint density at radius 1 is 1.25 bits per heavy atom. The first kappa shape index (κ1) is 20.3. The summed E-state index contributed by atoms with van der Waals surface area (Å²) in [5.41, 5.74) is 3.63. The second kappa shape index (κ2) is 9.64. The van der Waals surface area contributed by atoms with Gasteiger partial charge in [-0.15, -0.1) is 0 Å². The molecule has 1 heterocycles. The molecule has 2 unspecified atom stereocenters. The zero-order valence-electron chi connectivity index (χ0n) is 17.1. The third kappa shape index (κ3) is 5.07. The summed E-state index contributed by atoms with van der Waals surface area (Å²) < 4.78 is 1.73. The van der Waals surface area contributed by atoms with E-state index in [0.717, 1.165) is 18.7 Å². The molecule has 28 heavy (non-hydrogen) atoms. The van der Waals surface area contributed by atoms with Crippen molar-refractivity contribution in [3.05, 3.63) is 54.1 Å². The van der Waals surface area contributed by atoms with Gasteiger partial charge in [-0.25, -0.2) is 9.67 Å². The second-order valence-electron chi connectivity index (χ2n) is 7.60. The SMILES string of the molecule is CC(C(=O)NCCC1=CCCCC1)N(C)C(C)c1ccc(-n2cncn2)cc1. The van der Waals surface area contributed by atoms with E-state index in [1.165, 1.54) is 43.1 Å². The Labute approximate surface area is 167 Å². The van der Waals surface area contributed by atoms with E-state index in [1.54, 1.807) is 11.0 Å². The normalized spacial score (nSPS) is 16.5. The van der Waals surface area contributed by atoms with E-state index in [-0.39, 0.29) is 18.0 Å². The molecular weight excluding hydrogens is 350 g/mol. The molecule has 1 amide bonds. The molecule has 0 aliphatic heterocycles. The van der Waals surface area contributed by atoms with Gasteiger partial charge in [0.2, 0.25) is 5.91 Å². The van der Waals surface area contributed by atoms with E-state index < -0.39 is 0 Å². The van der Waals surface area contributed by atoms with Gasteiger partial charge < -0.3 is 5.32 Å². The molecule has 1 aromatic heterocycles. The summed E-state index contributed by atoms with van der Waals surface area (Å²) >= 11 is 0. The Morgan fingerprint density at radius 2 is 2.04 bits per heavy atom. The summed E-state index contributed by atoms with van der Waals surface area (Å²) in [7, 11) is 2.00. The van der Waals surface area contributed by atoms with Crippen LogP contribution in [0, 0.1) is 0 Å². The van der Waals surface area contributed by atoms with Crippen molar-refractivity contribution in [1.29, 1.82) is 0 Å². The van der Waals surface area contributed by atoms with Crippen molar-refractivity contribution in [1.82, 2.24) is 25.0 Å². The van der Waals surface area contributed by atoms with Crippen LogP contribution in [-0.4, -0.2) is 45.2 Å². The van der Waals surface area contributed by atoms with Crippen LogP contribution in [0.25, 0.3) is 5.69 Å². The molecule has 0 fully saturated rings. The first-order valence-corrected chi connectivity index (χ1v) is 10.2. The number of carbonyl (C=O) groups is 1. The van der Waals surface area contributed by atoms with E-state index in [2.05, 4.69) is 45.4 Å². The van der Waals surface area contributed by atoms with E-state index in [9.17, 15) is 4.79 Å². The quantitative estimate of drug-likeness (QED) is 0.709. The molecule has 1 N–H and O–H groups in total. The van der Waals surface area contributed by atoms with Gasteiger partial charge in [-0.3, -0.25) is 9.69 Å². The van der Waals surface area contributed by atoms with E-state index >= 15 is 0 Å². The first-order chi connectivity index (χ1) is 13.6. The number of allylic oxidation sites excluding steroid dienone is 1. The van der Waals surface area contributed by atoms with E-state index in [1.807, 2.05) is 26.1 Å².